The van der Waals surface area contributed by atoms with E-state index in [1.165, 1.54) is 5.56 Å². The molecule has 1 fully saturated rings. The first-order valence-corrected chi connectivity index (χ1v) is 12.3. The number of ether oxygens (including phenoxy) is 3. The third kappa shape index (κ3) is 7.86. The largest absolute Gasteiger partial charge is 0.497 e. The quantitative estimate of drug-likeness (QED) is 0.314. The minimum atomic E-state index is -0.0734. The van der Waals surface area contributed by atoms with E-state index >= 15 is 0 Å². The fraction of sp³-hybridized carbons (Fsp3) is 0.536. The van der Waals surface area contributed by atoms with Crippen molar-refractivity contribution in [3.8, 4) is 5.75 Å². The summed E-state index contributed by atoms with van der Waals surface area (Å²) in [6.07, 6.45) is 3.69. The molecule has 0 radical (unpaired) electrons. The monoisotopic (exact) mass is 453 g/mol. The molecule has 0 aromatic heterocycles. The fourth-order valence-corrected chi connectivity index (χ4v) is 4.65. The number of nitrogens with zero attached hydrogens (tertiary/aromatic N) is 1. The molecule has 5 heteroatoms. The lowest BCUT2D eigenvalue weighted by molar-refractivity contribution is -0.145. The molecule has 1 heterocycles. The van der Waals surface area contributed by atoms with E-state index in [-0.39, 0.29) is 12.1 Å². The molecule has 180 valence electrons. The number of unbranched alkanes of at least 4 members (excludes halogenated alkanes) is 1. The van der Waals surface area contributed by atoms with Gasteiger partial charge in [-0.2, -0.15) is 0 Å². The van der Waals surface area contributed by atoms with Crippen molar-refractivity contribution in [2.24, 2.45) is 11.8 Å². The molecule has 2 aromatic carbocycles. The first-order chi connectivity index (χ1) is 16.1. The molecule has 0 saturated carbocycles. The van der Waals surface area contributed by atoms with Crippen LogP contribution >= 0.6 is 0 Å². The molecule has 3 rings (SSSR count). The minimum Gasteiger partial charge on any atom is -0.497 e. The average Bonchev–Trinajstić information content (AvgIpc) is 2.84. The number of methoxy groups -OCH3 is 1. The molecule has 0 N–H and O–H groups in total. The van der Waals surface area contributed by atoms with Crippen molar-refractivity contribution in [2.45, 2.75) is 45.6 Å². The maximum atomic E-state index is 11.8. The van der Waals surface area contributed by atoms with E-state index < -0.39 is 0 Å². The van der Waals surface area contributed by atoms with Gasteiger partial charge in [0.15, 0.2) is 0 Å². The number of hydrogen-bond acceptors (Lipinski definition) is 5. The summed E-state index contributed by atoms with van der Waals surface area (Å²) in [6.45, 7) is 8.53. The third-order valence-corrected chi connectivity index (χ3v) is 6.58. The number of benzene rings is 2. The molecule has 1 saturated heterocycles. The summed E-state index contributed by atoms with van der Waals surface area (Å²) in [6, 6.07) is 18.5. The van der Waals surface area contributed by atoms with Crippen LogP contribution in [0.25, 0.3) is 0 Å². The Hall–Kier alpha value is -2.37. The Balaban J connectivity index is 1.43. The molecule has 33 heavy (non-hydrogen) atoms. The van der Waals surface area contributed by atoms with Crippen molar-refractivity contribution in [2.75, 3.05) is 40.0 Å². The second-order valence-electron chi connectivity index (χ2n) is 8.98. The summed E-state index contributed by atoms with van der Waals surface area (Å²) in [7, 11) is 1.68. The molecule has 0 aliphatic carbocycles. The lowest BCUT2D eigenvalue weighted by atomic mass is 9.84. The normalized spacial score (nSPS) is 19.7. The van der Waals surface area contributed by atoms with E-state index in [0.29, 0.717) is 24.9 Å². The van der Waals surface area contributed by atoms with Gasteiger partial charge in [0.25, 0.3) is 0 Å². The first kappa shape index (κ1) is 25.3. The summed E-state index contributed by atoms with van der Waals surface area (Å²) in [5, 5.41) is 0. The van der Waals surface area contributed by atoms with Crippen LogP contribution < -0.4 is 4.74 Å². The van der Waals surface area contributed by atoms with E-state index in [4.69, 9.17) is 14.2 Å². The number of hydrogen-bond donors (Lipinski definition) is 0. The molecule has 3 atom stereocenters. The van der Waals surface area contributed by atoms with Crippen LogP contribution in [0.1, 0.15) is 56.8 Å². The number of carbonyl (C=O) groups excluding carboxylic acids is 1. The van der Waals surface area contributed by atoms with Crippen molar-refractivity contribution in [1.82, 2.24) is 4.90 Å². The Morgan fingerprint density at radius 1 is 1.06 bits per heavy atom. The standard InChI is InChI=1S/C28H39NO4/c1-4-32-27(30)20-25-16-18-29(21-22(25)2)17-8-9-19-33-28(23-10-6-5-7-11-23)24-12-14-26(31-3)15-13-24/h5-7,10-15,22,25,28H,4,8-9,16-21H2,1-3H3/t22-,25+,28?/m1/s1. The van der Waals surface area contributed by atoms with Gasteiger partial charge in [-0.3, -0.25) is 4.79 Å². The molecule has 1 unspecified atom stereocenters. The number of rotatable bonds is 12. The van der Waals surface area contributed by atoms with Gasteiger partial charge in [0.1, 0.15) is 11.9 Å². The van der Waals surface area contributed by atoms with E-state index in [0.717, 1.165) is 56.8 Å². The Morgan fingerprint density at radius 2 is 1.79 bits per heavy atom. The third-order valence-electron chi connectivity index (χ3n) is 6.58. The van der Waals surface area contributed by atoms with Gasteiger partial charge in [-0.1, -0.05) is 49.4 Å². The Labute approximate surface area is 199 Å². The number of esters is 1. The summed E-state index contributed by atoms with van der Waals surface area (Å²) in [4.78, 5) is 14.4. The van der Waals surface area contributed by atoms with Crippen LogP contribution in [-0.2, 0) is 14.3 Å². The van der Waals surface area contributed by atoms with Gasteiger partial charge in [-0.25, -0.2) is 0 Å². The SMILES string of the molecule is CCOC(=O)C[C@@H]1CCN(CCCCOC(c2ccccc2)c2ccc(OC)cc2)C[C@H]1C. The number of likely N-dealkylation sites (tertiary alicyclic amines) is 1. The van der Waals surface area contributed by atoms with Crippen molar-refractivity contribution >= 4 is 5.97 Å². The van der Waals surface area contributed by atoms with Gasteiger partial charge in [0.2, 0.25) is 0 Å². The maximum Gasteiger partial charge on any atom is 0.306 e. The van der Waals surface area contributed by atoms with Gasteiger partial charge in [0, 0.05) is 19.6 Å². The molecule has 0 spiro atoms. The first-order valence-electron chi connectivity index (χ1n) is 12.3. The zero-order valence-electron chi connectivity index (χ0n) is 20.4. The summed E-state index contributed by atoms with van der Waals surface area (Å²) in [5.74, 6) is 1.77. The molecular formula is C28H39NO4. The molecular weight excluding hydrogens is 414 g/mol. The van der Waals surface area contributed by atoms with Crippen LogP contribution in [-0.4, -0.2) is 50.8 Å². The summed E-state index contributed by atoms with van der Waals surface area (Å²) in [5.41, 5.74) is 2.31. The van der Waals surface area contributed by atoms with Gasteiger partial charge in [-0.05, 0) is 74.4 Å². The van der Waals surface area contributed by atoms with Crippen LogP contribution in [0.2, 0.25) is 0 Å². The smallest absolute Gasteiger partial charge is 0.306 e. The predicted molar refractivity (Wildman–Crippen MR) is 131 cm³/mol. The van der Waals surface area contributed by atoms with Crippen molar-refractivity contribution < 1.29 is 19.0 Å². The van der Waals surface area contributed by atoms with Gasteiger partial charge in [-0.15, -0.1) is 0 Å². The Morgan fingerprint density at radius 3 is 2.45 bits per heavy atom. The highest BCUT2D eigenvalue weighted by Crippen LogP contribution is 2.29. The van der Waals surface area contributed by atoms with Crippen molar-refractivity contribution in [3.63, 3.8) is 0 Å². The maximum absolute atomic E-state index is 11.8. The topological polar surface area (TPSA) is 48.0 Å². The van der Waals surface area contributed by atoms with Crippen LogP contribution in [0.5, 0.6) is 5.75 Å². The molecule has 0 bridgehead atoms. The Kier molecular flexibility index (Phi) is 10.2. The highest BCUT2D eigenvalue weighted by Gasteiger charge is 2.28. The zero-order valence-corrected chi connectivity index (χ0v) is 20.4. The van der Waals surface area contributed by atoms with Crippen LogP contribution in [0, 0.1) is 11.8 Å². The predicted octanol–water partition coefficient (Wildman–Crippen LogP) is 5.49. The Bertz CT molecular complexity index is 824. The molecule has 2 aromatic rings. The average molecular weight is 454 g/mol. The lowest BCUT2D eigenvalue weighted by Gasteiger charge is -2.36. The van der Waals surface area contributed by atoms with Crippen molar-refractivity contribution in [1.29, 1.82) is 0 Å². The molecule has 1 aliphatic heterocycles. The molecule has 5 nitrogen and oxygen atoms in total. The highest BCUT2D eigenvalue weighted by atomic mass is 16.5. The molecule has 1 aliphatic rings. The van der Waals surface area contributed by atoms with E-state index in [1.807, 2.05) is 25.1 Å². The van der Waals surface area contributed by atoms with Crippen molar-refractivity contribution in [3.05, 3.63) is 65.7 Å². The summed E-state index contributed by atoms with van der Waals surface area (Å²) >= 11 is 0. The number of carbonyl (C=O) groups is 1. The second kappa shape index (κ2) is 13.4. The van der Waals surface area contributed by atoms with Crippen LogP contribution in [0.15, 0.2) is 54.6 Å². The van der Waals surface area contributed by atoms with Gasteiger partial charge in [0.05, 0.1) is 13.7 Å². The number of piperidine rings is 1. The second-order valence-corrected chi connectivity index (χ2v) is 8.98. The fourth-order valence-electron chi connectivity index (χ4n) is 4.65. The van der Waals surface area contributed by atoms with E-state index in [2.05, 4.69) is 48.2 Å². The zero-order chi connectivity index (χ0) is 23.5. The summed E-state index contributed by atoms with van der Waals surface area (Å²) < 4.78 is 16.8. The minimum absolute atomic E-state index is 0.0511. The lowest BCUT2D eigenvalue weighted by Crippen LogP contribution is -2.40. The van der Waals surface area contributed by atoms with Gasteiger partial charge >= 0.3 is 5.97 Å². The van der Waals surface area contributed by atoms with Gasteiger partial charge < -0.3 is 19.1 Å². The molecule has 0 amide bonds. The van der Waals surface area contributed by atoms with Crippen LogP contribution in [0.4, 0.5) is 0 Å². The highest BCUT2D eigenvalue weighted by molar-refractivity contribution is 5.69. The van der Waals surface area contributed by atoms with Crippen LogP contribution in [0.3, 0.4) is 0 Å². The van der Waals surface area contributed by atoms with E-state index in [9.17, 15) is 4.79 Å². The van der Waals surface area contributed by atoms with E-state index in [1.54, 1.807) is 7.11 Å².